The zero-order chi connectivity index (χ0) is 19.3. The highest BCUT2D eigenvalue weighted by Crippen LogP contribution is 2.28. The second kappa shape index (κ2) is 8.86. The van der Waals surface area contributed by atoms with Gasteiger partial charge in [0.05, 0.1) is 17.1 Å². The van der Waals surface area contributed by atoms with Crippen molar-refractivity contribution in [1.82, 2.24) is 15.2 Å². The quantitative estimate of drug-likeness (QED) is 0.659. The predicted octanol–water partition coefficient (Wildman–Crippen LogP) is 4.16. The molecule has 3 aromatic rings. The molecule has 0 aliphatic carbocycles. The Kier molecular flexibility index (Phi) is 6.04. The molecule has 1 aliphatic rings. The van der Waals surface area contributed by atoms with Crippen LogP contribution in [-0.2, 0) is 17.9 Å². The minimum absolute atomic E-state index is 0.0526. The molecule has 1 amide bonds. The lowest BCUT2D eigenvalue weighted by molar-refractivity contribution is -0.121. The van der Waals surface area contributed by atoms with Crippen molar-refractivity contribution in [2.75, 3.05) is 13.1 Å². The van der Waals surface area contributed by atoms with E-state index in [4.69, 9.17) is 4.74 Å². The van der Waals surface area contributed by atoms with Gasteiger partial charge < -0.3 is 10.1 Å². The second-order valence-corrected chi connectivity index (χ2v) is 8.73. The van der Waals surface area contributed by atoms with E-state index in [-0.39, 0.29) is 12.0 Å². The lowest BCUT2D eigenvalue weighted by Gasteiger charge is -2.21. The number of hydrogen-bond acceptors (Lipinski definition) is 6. The van der Waals surface area contributed by atoms with Gasteiger partial charge in [-0.15, -0.1) is 22.7 Å². The molecular formula is C21H23N3O2S2. The Morgan fingerprint density at radius 2 is 2.18 bits per heavy atom. The minimum atomic E-state index is 0.0526. The Bertz CT molecular complexity index is 923. The van der Waals surface area contributed by atoms with E-state index < -0.39 is 0 Å². The van der Waals surface area contributed by atoms with Crippen LogP contribution in [0.25, 0.3) is 9.88 Å². The van der Waals surface area contributed by atoms with Crippen LogP contribution in [0.5, 0.6) is 5.75 Å². The van der Waals surface area contributed by atoms with Gasteiger partial charge >= 0.3 is 0 Å². The molecule has 0 saturated carbocycles. The zero-order valence-electron chi connectivity index (χ0n) is 15.8. The van der Waals surface area contributed by atoms with Crippen LogP contribution in [0.1, 0.15) is 24.6 Å². The molecule has 7 heteroatoms. The lowest BCUT2D eigenvalue weighted by Crippen LogP contribution is -2.34. The van der Waals surface area contributed by atoms with Crippen LogP contribution in [0.3, 0.4) is 0 Å². The minimum Gasteiger partial charge on any atom is -0.489 e. The number of carbonyl (C=O) groups is 1. The first-order valence-electron chi connectivity index (χ1n) is 9.39. The monoisotopic (exact) mass is 413 g/mol. The van der Waals surface area contributed by atoms with Crippen LogP contribution in [0.4, 0.5) is 0 Å². The molecule has 5 nitrogen and oxygen atoms in total. The van der Waals surface area contributed by atoms with Crippen molar-refractivity contribution >= 4 is 28.6 Å². The predicted molar refractivity (Wildman–Crippen MR) is 114 cm³/mol. The van der Waals surface area contributed by atoms with Gasteiger partial charge in [-0.3, -0.25) is 9.69 Å². The number of nitrogens with zero attached hydrogens (tertiary/aromatic N) is 2. The number of nitrogens with one attached hydrogen (secondary N) is 1. The van der Waals surface area contributed by atoms with Gasteiger partial charge in [0.1, 0.15) is 16.9 Å². The summed E-state index contributed by atoms with van der Waals surface area (Å²) in [7, 11) is 0. The molecule has 146 valence electrons. The van der Waals surface area contributed by atoms with Crippen LogP contribution in [0.2, 0.25) is 0 Å². The maximum absolute atomic E-state index is 12.3. The van der Waals surface area contributed by atoms with Crippen LogP contribution < -0.4 is 10.1 Å². The van der Waals surface area contributed by atoms with Crippen molar-refractivity contribution in [2.45, 2.75) is 32.5 Å². The second-order valence-electron chi connectivity index (χ2n) is 6.92. The first-order valence-corrected chi connectivity index (χ1v) is 11.1. The van der Waals surface area contributed by atoms with Crippen molar-refractivity contribution in [3.05, 3.63) is 58.4 Å². The van der Waals surface area contributed by atoms with E-state index in [2.05, 4.69) is 34.3 Å². The molecule has 1 atom stereocenters. The first-order chi connectivity index (χ1) is 13.7. The summed E-state index contributed by atoms with van der Waals surface area (Å²) in [6.45, 7) is 4.89. The highest BCUT2D eigenvalue weighted by Gasteiger charge is 2.20. The van der Waals surface area contributed by atoms with Gasteiger partial charge in [-0.25, -0.2) is 4.98 Å². The van der Waals surface area contributed by atoms with Gasteiger partial charge in [-0.1, -0.05) is 24.3 Å². The van der Waals surface area contributed by atoms with E-state index in [1.807, 2.05) is 35.0 Å². The molecule has 1 aromatic carbocycles. The Hall–Kier alpha value is -2.22. The summed E-state index contributed by atoms with van der Waals surface area (Å²) in [5.41, 5.74) is 2.09. The van der Waals surface area contributed by atoms with E-state index in [1.165, 1.54) is 10.4 Å². The highest BCUT2D eigenvalue weighted by molar-refractivity contribution is 7.20. The smallest absolute Gasteiger partial charge is 0.221 e. The van der Waals surface area contributed by atoms with E-state index in [0.717, 1.165) is 29.5 Å². The molecule has 4 rings (SSSR count). The molecule has 3 heterocycles. The fourth-order valence-corrected chi connectivity index (χ4v) is 4.92. The maximum Gasteiger partial charge on any atom is 0.221 e. The number of amides is 1. The van der Waals surface area contributed by atoms with Gasteiger partial charge in [0, 0.05) is 37.0 Å². The number of rotatable bonds is 6. The molecule has 28 heavy (non-hydrogen) atoms. The van der Waals surface area contributed by atoms with Crippen molar-refractivity contribution in [3.63, 3.8) is 0 Å². The fourth-order valence-electron chi connectivity index (χ4n) is 3.28. The number of carbonyl (C=O) groups excluding carboxylic acids is 1. The summed E-state index contributed by atoms with van der Waals surface area (Å²) in [5.74, 6) is 1.00. The van der Waals surface area contributed by atoms with Crippen LogP contribution in [-0.4, -0.2) is 35.0 Å². The standard InChI is InChI=1S/C21H23N3O2S2/c1-15-12-24(13-16-5-2-3-6-18(16)26-15)9-8-20(25)22-11-17-14-28-21(23-17)19-7-4-10-27-19/h2-7,10,14-15H,8-9,11-13H2,1H3,(H,22,25). The summed E-state index contributed by atoms with van der Waals surface area (Å²) in [4.78, 5) is 20.4. The summed E-state index contributed by atoms with van der Waals surface area (Å²) in [6, 6.07) is 12.2. The Morgan fingerprint density at radius 3 is 3.04 bits per heavy atom. The Balaban J connectivity index is 1.26. The largest absolute Gasteiger partial charge is 0.489 e. The van der Waals surface area contributed by atoms with Gasteiger partial charge in [0.25, 0.3) is 0 Å². The SMILES string of the molecule is CC1CN(CCC(=O)NCc2csc(-c3cccs3)n2)Cc2ccccc2O1. The third kappa shape index (κ3) is 4.79. The average molecular weight is 414 g/mol. The summed E-state index contributed by atoms with van der Waals surface area (Å²) >= 11 is 3.30. The van der Waals surface area contributed by atoms with Gasteiger partial charge in [-0.2, -0.15) is 0 Å². The Labute approximate surface area is 173 Å². The zero-order valence-corrected chi connectivity index (χ0v) is 17.4. The molecule has 0 radical (unpaired) electrons. The number of fused-ring (bicyclic) bond motifs is 1. The highest BCUT2D eigenvalue weighted by atomic mass is 32.1. The maximum atomic E-state index is 12.3. The normalized spacial score (nSPS) is 16.8. The third-order valence-electron chi connectivity index (χ3n) is 4.62. The molecule has 0 fully saturated rings. The lowest BCUT2D eigenvalue weighted by atomic mass is 10.2. The number of thiophene rings is 1. The van der Waals surface area contributed by atoms with Crippen molar-refractivity contribution in [1.29, 1.82) is 0 Å². The van der Waals surface area contributed by atoms with Crippen molar-refractivity contribution in [2.24, 2.45) is 0 Å². The van der Waals surface area contributed by atoms with E-state index >= 15 is 0 Å². The molecular weight excluding hydrogens is 390 g/mol. The molecule has 1 N–H and O–H groups in total. The van der Waals surface area contributed by atoms with Crippen molar-refractivity contribution < 1.29 is 9.53 Å². The molecule has 2 aromatic heterocycles. The number of aromatic nitrogens is 1. The summed E-state index contributed by atoms with van der Waals surface area (Å²) in [5, 5.41) is 8.07. The number of hydrogen-bond donors (Lipinski definition) is 1. The summed E-state index contributed by atoms with van der Waals surface area (Å²) in [6.07, 6.45) is 0.578. The molecule has 0 spiro atoms. The molecule has 1 unspecified atom stereocenters. The molecule has 0 saturated heterocycles. The average Bonchev–Trinajstić information content (AvgIpc) is 3.34. The summed E-state index contributed by atoms with van der Waals surface area (Å²) < 4.78 is 5.98. The Morgan fingerprint density at radius 1 is 1.29 bits per heavy atom. The number of thiazole rings is 1. The van der Waals surface area contributed by atoms with E-state index in [9.17, 15) is 4.79 Å². The van der Waals surface area contributed by atoms with E-state index in [1.54, 1.807) is 22.7 Å². The number of para-hydroxylation sites is 1. The first kappa shape index (κ1) is 19.1. The van der Waals surface area contributed by atoms with Gasteiger partial charge in [0.2, 0.25) is 5.91 Å². The van der Waals surface area contributed by atoms with Crippen LogP contribution in [0, 0.1) is 0 Å². The molecule has 0 bridgehead atoms. The van der Waals surface area contributed by atoms with Crippen molar-refractivity contribution in [3.8, 4) is 15.6 Å². The van der Waals surface area contributed by atoms with Gasteiger partial charge in [-0.05, 0) is 24.4 Å². The molecule has 1 aliphatic heterocycles. The van der Waals surface area contributed by atoms with Crippen LogP contribution in [0.15, 0.2) is 47.2 Å². The topological polar surface area (TPSA) is 54.5 Å². The number of benzene rings is 1. The fraction of sp³-hybridized carbons (Fsp3) is 0.333. The number of ether oxygens (including phenoxy) is 1. The third-order valence-corrected chi connectivity index (χ3v) is 6.55. The van der Waals surface area contributed by atoms with Crippen LogP contribution >= 0.6 is 22.7 Å². The van der Waals surface area contributed by atoms with Gasteiger partial charge in [0.15, 0.2) is 0 Å². The van der Waals surface area contributed by atoms with E-state index in [0.29, 0.717) is 19.5 Å².